The van der Waals surface area contributed by atoms with E-state index in [9.17, 15) is 4.79 Å². The molecule has 0 unspecified atom stereocenters. The number of nitrogens with one attached hydrogen (secondary N) is 1. The van der Waals surface area contributed by atoms with E-state index in [0.29, 0.717) is 19.8 Å². The highest BCUT2D eigenvalue weighted by Gasteiger charge is 2.46. The first kappa shape index (κ1) is 30.1. The zero-order valence-corrected chi connectivity index (χ0v) is 22.6. The molecule has 2 aliphatic rings. The molecule has 2 heterocycles. The second kappa shape index (κ2) is 20.0. The topological polar surface area (TPSA) is 66.0 Å². The Kier molecular flexibility index (Phi) is 17.2. The van der Waals surface area contributed by atoms with Crippen molar-refractivity contribution in [2.45, 2.75) is 122 Å². The average molecular weight is 496 g/mol. The molecular formula is C29H53NO5. The first-order chi connectivity index (χ1) is 17.3. The molecule has 4 atom stereocenters. The third-order valence-electron chi connectivity index (χ3n) is 7.42. The third-order valence-corrected chi connectivity index (χ3v) is 7.42. The minimum Gasteiger partial charge on any atom is -0.449 e. The summed E-state index contributed by atoms with van der Waals surface area (Å²) in [4.78, 5) is 12.1. The normalized spacial score (nSPS) is 22.7. The summed E-state index contributed by atoms with van der Waals surface area (Å²) in [6.45, 7) is 4.14. The van der Waals surface area contributed by atoms with Crippen LogP contribution in [0.2, 0.25) is 0 Å². The lowest BCUT2D eigenvalue weighted by Gasteiger charge is -2.24. The van der Waals surface area contributed by atoms with Gasteiger partial charge in [0, 0.05) is 25.5 Å². The first-order valence-corrected chi connectivity index (χ1v) is 14.6. The summed E-state index contributed by atoms with van der Waals surface area (Å²) in [5.74, 6) is 0.344. The van der Waals surface area contributed by atoms with Gasteiger partial charge in [0.1, 0.15) is 6.79 Å². The average Bonchev–Trinajstić information content (AvgIpc) is 3.47. The quantitative estimate of drug-likeness (QED) is 0.0925. The van der Waals surface area contributed by atoms with Crippen LogP contribution in [0.3, 0.4) is 0 Å². The van der Waals surface area contributed by atoms with Crippen LogP contribution < -0.4 is 5.32 Å². The van der Waals surface area contributed by atoms with E-state index >= 15 is 0 Å². The number of unbranched alkanes of at least 4 members (excludes halogenated alkanes) is 15. The molecule has 2 aliphatic heterocycles. The molecule has 0 spiro atoms. The molecule has 2 rings (SSSR count). The molecule has 1 saturated heterocycles. The molecule has 0 saturated carbocycles. The van der Waals surface area contributed by atoms with Gasteiger partial charge in [-0.15, -0.1) is 0 Å². The second-order valence-corrected chi connectivity index (χ2v) is 10.4. The molecular weight excluding hydrogens is 442 g/mol. The maximum Gasteiger partial charge on any atom is 0.407 e. The van der Waals surface area contributed by atoms with E-state index in [1.165, 1.54) is 96.3 Å². The second-order valence-electron chi connectivity index (χ2n) is 10.4. The summed E-state index contributed by atoms with van der Waals surface area (Å²) in [5, 5.41) is 2.90. The third kappa shape index (κ3) is 13.1. The molecule has 0 aliphatic carbocycles. The van der Waals surface area contributed by atoms with Gasteiger partial charge in [-0.3, -0.25) is 0 Å². The molecule has 0 aromatic carbocycles. The number of hydrogen-bond donors (Lipinski definition) is 1. The van der Waals surface area contributed by atoms with Crippen LogP contribution in [0, 0.1) is 11.8 Å². The molecule has 0 radical (unpaired) electrons. The SMILES string of the molecule is CCCCCCCCCCCCCCCCCCNC(=O)OC[C@@H]1[C@@H](COCOC)[C@@H]2C=C[C@H]1O2. The van der Waals surface area contributed by atoms with Crippen LogP contribution in [-0.2, 0) is 18.9 Å². The van der Waals surface area contributed by atoms with E-state index in [2.05, 4.69) is 24.4 Å². The Morgan fingerprint density at radius 1 is 0.743 bits per heavy atom. The Bertz CT molecular complexity index is 555. The van der Waals surface area contributed by atoms with Crippen LogP contribution in [-0.4, -0.2) is 52.0 Å². The van der Waals surface area contributed by atoms with Crippen LogP contribution in [0.25, 0.3) is 0 Å². The molecule has 6 nitrogen and oxygen atoms in total. The van der Waals surface area contributed by atoms with Crippen molar-refractivity contribution in [1.82, 2.24) is 5.32 Å². The predicted molar refractivity (Wildman–Crippen MR) is 142 cm³/mol. The number of alkyl carbamates (subject to hydrolysis) is 1. The number of rotatable bonds is 23. The van der Waals surface area contributed by atoms with Gasteiger partial charge in [-0.05, 0) is 6.42 Å². The Balaban J connectivity index is 1.34. The Hall–Kier alpha value is -1.11. The molecule has 35 heavy (non-hydrogen) atoms. The summed E-state index contributed by atoms with van der Waals surface area (Å²) in [6.07, 6.45) is 25.5. The van der Waals surface area contributed by atoms with Crippen molar-refractivity contribution in [1.29, 1.82) is 0 Å². The number of fused-ring (bicyclic) bond motifs is 2. The summed E-state index contributed by atoms with van der Waals surface area (Å²) in [7, 11) is 1.61. The van der Waals surface area contributed by atoms with Crippen LogP contribution in [0.15, 0.2) is 12.2 Å². The minimum absolute atomic E-state index is 0.0178. The number of methoxy groups -OCH3 is 1. The number of ether oxygens (including phenoxy) is 4. The van der Waals surface area contributed by atoms with Crippen molar-refractivity contribution >= 4 is 6.09 Å². The molecule has 6 heteroatoms. The number of hydrogen-bond acceptors (Lipinski definition) is 5. The van der Waals surface area contributed by atoms with Crippen LogP contribution in [0.5, 0.6) is 0 Å². The molecule has 1 amide bonds. The maximum atomic E-state index is 12.1. The summed E-state index contributed by atoms with van der Waals surface area (Å²) in [6, 6.07) is 0. The zero-order chi connectivity index (χ0) is 25.0. The van der Waals surface area contributed by atoms with E-state index in [0.717, 1.165) is 6.42 Å². The summed E-state index contributed by atoms with van der Waals surface area (Å²) in [5.41, 5.74) is 0. The summed E-state index contributed by atoms with van der Waals surface area (Å²) < 4.78 is 21.9. The molecule has 2 bridgehead atoms. The highest BCUT2D eigenvalue weighted by atomic mass is 16.7. The van der Waals surface area contributed by atoms with E-state index in [1.807, 2.05) is 0 Å². The van der Waals surface area contributed by atoms with Crippen molar-refractivity contribution in [3.8, 4) is 0 Å². The van der Waals surface area contributed by atoms with Crippen molar-refractivity contribution in [2.24, 2.45) is 11.8 Å². The van der Waals surface area contributed by atoms with Crippen LogP contribution in [0.1, 0.15) is 110 Å². The van der Waals surface area contributed by atoms with Gasteiger partial charge in [0.05, 0.1) is 25.4 Å². The maximum absolute atomic E-state index is 12.1. The van der Waals surface area contributed by atoms with E-state index in [4.69, 9.17) is 18.9 Å². The van der Waals surface area contributed by atoms with Gasteiger partial charge in [-0.1, -0.05) is 115 Å². The fraction of sp³-hybridized carbons (Fsp3) is 0.897. The van der Waals surface area contributed by atoms with Gasteiger partial charge < -0.3 is 24.3 Å². The highest BCUT2D eigenvalue weighted by molar-refractivity contribution is 5.67. The van der Waals surface area contributed by atoms with Gasteiger partial charge in [0.15, 0.2) is 0 Å². The standard InChI is InChI=1S/C29H53NO5/c1-3-4-5-6-7-8-9-10-11-12-13-14-15-16-17-18-21-30-29(31)34-23-26-25(22-33-24-32-2)27-19-20-28(26)35-27/h19-20,25-28H,3-18,21-24H2,1-2H3,(H,30,31)/t25-,26-,27+,28-/m1/s1. The predicted octanol–water partition coefficient (Wildman–Crippen LogP) is 7.16. The first-order valence-electron chi connectivity index (χ1n) is 14.6. The number of carbonyl (C=O) groups excluding carboxylic acids is 1. The monoisotopic (exact) mass is 495 g/mol. The highest BCUT2D eigenvalue weighted by Crippen LogP contribution is 2.39. The zero-order valence-electron chi connectivity index (χ0n) is 22.6. The Labute approximate surface area is 214 Å². The molecule has 0 aromatic rings. The molecule has 1 N–H and O–H groups in total. The van der Waals surface area contributed by atoms with E-state index in [-0.39, 0.29) is 36.9 Å². The lowest BCUT2D eigenvalue weighted by Crippen LogP contribution is -2.34. The van der Waals surface area contributed by atoms with Gasteiger partial charge in [0.2, 0.25) is 0 Å². The minimum atomic E-state index is -0.325. The fourth-order valence-corrected chi connectivity index (χ4v) is 5.26. The van der Waals surface area contributed by atoms with Gasteiger partial charge in [-0.2, -0.15) is 0 Å². The smallest absolute Gasteiger partial charge is 0.407 e. The molecule has 0 aromatic heterocycles. The van der Waals surface area contributed by atoms with Crippen molar-refractivity contribution < 1.29 is 23.7 Å². The lowest BCUT2D eigenvalue weighted by molar-refractivity contribution is -0.0536. The fourth-order valence-electron chi connectivity index (χ4n) is 5.26. The van der Waals surface area contributed by atoms with Gasteiger partial charge in [0.25, 0.3) is 0 Å². The number of amides is 1. The Morgan fingerprint density at radius 2 is 1.23 bits per heavy atom. The lowest BCUT2D eigenvalue weighted by atomic mass is 9.84. The van der Waals surface area contributed by atoms with Crippen LogP contribution in [0.4, 0.5) is 4.79 Å². The van der Waals surface area contributed by atoms with Gasteiger partial charge in [-0.25, -0.2) is 4.79 Å². The molecule has 1 fully saturated rings. The van der Waals surface area contributed by atoms with Crippen molar-refractivity contribution in [3.05, 3.63) is 12.2 Å². The van der Waals surface area contributed by atoms with Crippen LogP contribution >= 0.6 is 0 Å². The van der Waals surface area contributed by atoms with Crippen molar-refractivity contribution in [2.75, 3.05) is 33.7 Å². The Morgan fingerprint density at radius 3 is 1.74 bits per heavy atom. The summed E-state index contributed by atoms with van der Waals surface area (Å²) >= 11 is 0. The van der Waals surface area contributed by atoms with E-state index < -0.39 is 0 Å². The van der Waals surface area contributed by atoms with Crippen molar-refractivity contribution in [3.63, 3.8) is 0 Å². The largest absolute Gasteiger partial charge is 0.449 e. The number of carbonyl (C=O) groups is 1. The van der Waals surface area contributed by atoms with E-state index in [1.54, 1.807) is 7.11 Å². The van der Waals surface area contributed by atoms with Gasteiger partial charge >= 0.3 is 6.09 Å². The molecule has 204 valence electrons.